The van der Waals surface area contributed by atoms with Crippen LogP contribution in [0.3, 0.4) is 0 Å². The molecule has 1 aliphatic carbocycles. The maximum atomic E-state index is 13.7. The van der Waals surface area contributed by atoms with Crippen LogP contribution in [-0.2, 0) is 16.8 Å². The highest BCUT2D eigenvalue weighted by Crippen LogP contribution is 2.41. The lowest BCUT2D eigenvalue weighted by atomic mass is 9.76. The predicted octanol–water partition coefficient (Wildman–Crippen LogP) is 2.44. The molecule has 1 fully saturated rings. The van der Waals surface area contributed by atoms with Gasteiger partial charge in [0.15, 0.2) is 0 Å². The summed E-state index contributed by atoms with van der Waals surface area (Å²) in [6, 6.07) is 2.93. The zero-order valence-electron chi connectivity index (χ0n) is 10.3. The Bertz CT molecular complexity index is 507. The minimum Gasteiger partial charge on any atom is -0.325 e. The second-order valence-electron chi connectivity index (χ2n) is 5.43. The van der Waals surface area contributed by atoms with Gasteiger partial charge in [-0.25, -0.2) is 4.39 Å². The largest absolute Gasteiger partial charge is 0.325 e. The summed E-state index contributed by atoms with van der Waals surface area (Å²) in [5.74, 6) is -0.369. The Morgan fingerprint density at radius 1 is 1.22 bits per heavy atom. The summed E-state index contributed by atoms with van der Waals surface area (Å²) >= 11 is 0. The molecular formula is C14H17FN2O. The monoisotopic (exact) mass is 248 g/mol. The summed E-state index contributed by atoms with van der Waals surface area (Å²) in [4.78, 5) is 11.5. The van der Waals surface area contributed by atoms with E-state index in [2.05, 4.69) is 5.32 Å². The van der Waals surface area contributed by atoms with Crippen LogP contribution in [0.1, 0.15) is 43.2 Å². The molecule has 4 heteroatoms. The van der Waals surface area contributed by atoms with Crippen molar-refractivity contribution in [2.45, 2.75) is 44.1 Å². The normalized spacial score (nSPS) is 21.6. The standard InChI is InChI=1S/C14H17FN2O/c15-10-6-9-7-12(18)17-13(9)11(8-10)14(16)4-2-1-3-5-14/h6,8H,1-5,7,16H2,(H,17,18). The lowest BCUT2D eigenvalue weighted by Crippen LogP contribution is -2.39. The first-order chi connectivity index (χ1) is 8.58. The van der Waals surface area contributed by atoms with Crippen LogP contribution >= 0.6 is 0 Å². The molecule has 96 valence electrons. The van der Waals surface area contributed by atoms with Gasteiger partial charge in [0, 0.05) is 11.2 Å². The number of hydrogen-bond donors (Lipinski definition) is 2. The Morgan fingerprint density at radius 3 is 2.67 bits per heavy atom. The molecule has 1 aromatic carbocycles. The average molecular weight is 248 g/mol. The summed E-state index contributed by atoms with van der Waals surface area (Å²) in [6.07, 6.45) is 5.29. The Kier molecular flexibility index (Phi) is 2.63. The number of hydrogen-bond acceptors (Lipinski definition) is 2. The third kappa shape index (κ3) is 1.81. The predicted molar refractivity (Wildman–Crippen MR) is 67.7 cm³/mol. The summed E-state index contributed by atoms with van der Waals surface area (Å²) < 4.78 is 13.7. The molecule has 0 aromatic heterocycles. The number of nitrogens with two attached hydrogens (primary N) is 1. The highest BCUT2D eigenvalue weighted by molar-refractivity contribution is 6.00. The summed E-state index contributed by atoms with van der Waals surface area (Å²) in [5, 5.41) is 2.83. The van der Waals surface area contributed by atoms with Crippen LogP contribution in [0.25, 0.3) is 0 Å². The fourth-order valence-corrected chi connectivity index (χ4v) is 3.15. The molecule has 0 bridgehead atoms. The van der Waals surface area contributed by atoms with Gasteiger partial charge >= 0.3 is 0 Å². The number of anilines is 1. The van der Waals surface area contributed by atoms with E-state index in [0.29, 0.717) is 0 Å². The Hall–Kier alpha value is -1.42. The Balaban J connectivity index is 2.09. The van der Waals surface area contributed by atoms with E-state index in [-0.39, 0.29) is 18.1 Å². The van der Waals surface area contributed by atoms with Crippen molar-refractivity contribution in [2.75, 3.05) is 5.32 Å². The average Bonchev–Trinajstić information content (AvgIpc) is 2.69. The Morgan fingerprint density at radius 2 is 1.94 bits per heavy atom. The molecule has 1 aromatic rings. The van der Waals surface area contributed by atoms with E-state index in [0.717, 1.165) is 42.5 Å². The summed E-state index contributed by atoms with van der Waals surface area (Å²) in [6.45, 7) is 0. The number of nitrogens with one attached hydrogen (secondary N) is 1. The van der Waals surface area contributed by atoms with Crippen LogP contribution in [0.15, 0.2) is 12.1 Å². The van der Waals surface area contributed by atoms with Gasteiger partial charge in [-0.1, -0.05) is 19.3 Å². The molecule has 0 saturated heterocycles. The van der Waals surface area contributed by atoms with E-state index < -0.39 is 5.54 Å². The zero-order chi connectivity index (χ0) is 12.8. The second-order valence-corrected chi connectivity index (χ2v) is 5.43. The zero-order valence-corrected chi connectivity index (χ0v) is 10.3. The molecule has 3 N–H and O–H groups in total. The van der Waals surface area contributed by atoms with Gasteiger partial charge < -0.3 is 11.1 Å². The van der Waals surface area contributed by atoms with Crippen LogP contribution in [-0.4, -0.2) is 5.91 Å². The SMILES string of the molecule is NC1(c2cc(F)cc3c2NC(=O)C3)CCCCC1. The van der Waals surface area contributed by atoms with Gasteiger partial charge in [0.2, 0.25) is 5.91 Å². The fraction of sp³-hybridized carbons (Fsp3) is 0.500. The van der Waals surface area contributed by atoms with Crippen LogP contribution in [0.5, 0.6) is 0 Å². The van der Waals surface area contributed by atoms with E-state index in [9.17, 15) is 9.18 Å². The van der Waals surface area contributed by atoms with E-state index >= 15 is 0 Å². The van der Waals surface area contributed by atoms with Crippen LogP contribution in [0, 0.1) is 5.82 Å². The number of carbonyl (C=O) groups is 1. The van der Waals surface area contributed by atoms with Gasteiger partial charge in [0.1, 0.15) is 5.82 Å². The molecular weight excluding hydrogens is 231 g/mol. The first kappa shape index (κ1) is 11.7. The van der Waals surface area contributed by atoms with Crippen molar-refractivity contribution in [3.8, 4) is 0 Å². The molecule has 1 aliphatic heterocycles. The quantitative estimate of drug-likeness (QED) is 0.802. The van der Waals surface area contributed by atoms with Gasteiger partial charge in [0.25, 0.3) is 0 Å². The summed E-state index contributed by atoms with van der Waals surface area (Å²) in [5.41, 5.74) is 8.24. The van der Waals surface area contributed by atoms with E-state index in [1.54, 1.807) is 0 Å². The second kappa shape index (κ2) is 4.05. The Labute approximate surface area is 106 Å². The molecule has 1 heterocycles. The molecule has 3 rings (SSSR count). The number of rotatable bonds is 1. The smallest absolute Gasteiger partial charge is 0.228 e. The molecule has 0 radical (unpaired) electrons. The van der Waals surface area contributed by atoms with Gasteiger partial charge in [-0.2, -0.15) is 0 Å². The van der Waals surface area contributed by atoms with Crippen LogP contribution in [0.2, 0.25) is 0 Å². The number of amides is 1. The van der Waals surface area contributed by atoms with Crippen molar-refractivity contribution in [3.05, 3.63) is 29.1 Å². The van der Waals surface area contributed by atoms with Crippen LogP contribution < -0.4 is 11.1 Å². The topological polar surface area (TPSA) is 55.1 Å². The highest BCUT2D eigenvalue weighted by atomic mass is 19.1. The van der Waals surface area contributed by atoms with Gasteiger partial charge in [-0.05, 0) is 36.1 Å². The fourth-order valence-electron chi connectivity index (χ4n) is 3.15. The number of carbonyl (C=O) groups excluding carboxylic acids is 1. The highest BCUT2D eigenvalue weighted by Gasteiger charge is 2.35. The third-order valence-electron chi connectivity index (χ3n) is 4.08. The lowest BCUT2D eigenvalue weighted by molar-refractivity contribution is -0.115. The molecule has 0 spiro atoms. The molecule has 2 aliphatic rings. The van der Waals surface area contributed by atoms with Crippen LogP contribution in [0.4, 0.5) is 10.1 Å². The minimum atomic E-state index is -0.484. The van der Waals surface area contributed by atoms with Crippen molar-refractivity contribution in [1.82, 2.24) is 0 Å². The van der Waals surface area contributed by atoms with Gasteiger partial charge in [-0.15, -0.1) is 0 Å². The minimum absolute atomic E-state index is 0.0729. The van der Waals surface area contributed by atoms with E-state index in [1.165, 1.54) is 18.6 Å². The first-order valence-corrected chi connectivity index (χ1v) is 6.50. The molecule has 0 unspecified atom stereocenters. The van der Waals surface area contributed by atoms with Crippen molar-refractivity contribution in [2.24, 2.45) is 5.73 Å². The lowest BCUT2D eigenvalue weighted by Gasteiger charge is -2.35. The molecule has 3 nitrogen and oxygen atoms in total. The molecule has 1 saturated carbocycles. The van der Waals surface area contributed by atoms with Crippen molar-refractivity contribution >= 4 is 11.6 Å². The maximum Gasteiger partial charge on any atom is 0.228 e. The molecule has 0 atom stereocenters. The molecule has 1 amide bonds. The van der Waals surface area contributed by atoms with E-state index in [4.69, 9.17) is 5.73 Å². The van der Waals surface area contributed by atoms with Crippen molar-refractivity contribution in [1.29, 1.82) is 0 Å². The number of fused-ring (bicyclic) bond motifs is 1. The maximum absolute atomic E-state index is 13.7. The van der Waals surface area contributed by atoms with Gasteiger partial charge in [-0.3, -0.25) is 4.79 Å². The van der Waals surface area contributed by atoms with E-state index in [1.807, 2.05) is 0 Å². The van der Waals surface area contributed by atoms with Crippen molar-refractivity contribution < 1.29 is 9.18 Å². The number of benzene rings is 1. The third-order valence-corrected chi connectivity index (χ3v) is 4.08. The van der Waals surface area contributed by atoms with Crippen molar-refractivity contribution in [3.63, 3.8) is 0 Å². The molecule has 18 heavy (non-hydrogen) atoms. The summed E-state index contributed by atoms with van der Waals surface area (Å²) in [7, 11) is 0. The van der Waals surface area contributed by atoms with Gasteiger partial charge in [0.05, 0.1) is 6.42 Å². The number of halogens is 1. The first-order valence-electron chi connectivity index (χ1n) is 6.50.